The highest BCUT2D eigenvalue weighted by molar-refractivity contribution is 14.1. The van der Waals surface area contributed by atoms with Crippen LogP contribution < -0.4 is 20.2 Å². The summed E-state index contributed by atoms with van der Waals surface area (Å²) in [7, 11) is 1.58. The van der Waals surface area contributed by atoms with Crippen LogP contribution in [0.3, 0.4) is 0 Å². The molecule has 0 aliphatic heterocycles. The first-order chi connectivity index (χ1) is 15.0. The van der Waals surface area contributed by atoms with Crippen molar-refractivity contribution in [1.29, 1.82) is 0 Å². The number of methoxy groups -OCH3 is 1. The quantitative estimate of drug-likeness (QED) is 0.203. The minimum atomic E-state index is -0.240. The molecule has 0 heterocycles. The van der Waals surface area contributed by atoms with Crippen LogP contribution in [0.1, 0.15) is 11.1 Å². The molecule has 3 aromatic carbocycles. The molecule has 0 aliphatic rings. The van der Waals surface area contributed by atoms with Gasteiger partial charge in [0.1, 0.15) is 6.61 Å². The fraction of sp³-hybridized carbons (Fsp3) is 0.130. The number of hydrazone groups is 1. The van der Waals surface area contributed by atoms with E-state index in [0.717, 1.165) is 24.9 Å². The van der Waals surface area contributed by atoms with E-state index in [4.69, 9.17) is 9.47 Å². The summed E-state index contributed by atoms with van der Waals surface area (Å²) in [6, 6.07) is 21.2. The molecule has 160 valence electrons. The highest BCUT2D eigenvalue weighted by Gasteiger charge is 2.06. The van der Waals surface area contributed by atoms with Gasteiger partial charge in [0.05, 0.1) is 19.9 Å². The van der Waals surface area contributed by atoms with Crippen LogP contribution in [0, 0.1) is 3.57 Å². The Balaban J connectivity index is 1.51. The lowest BCUT2D eigenvalue weighted by Gasteiger charge is -2.11. The zero-order valence-electron chi connectivity index (χ0n) is 16.8. The Labute approximate surface area is 203 Å². The standard InChI is InChI=1S/C23H21BrIN3O3/c1-30-22-12-17(4-11-21(22)31-15-16-2-5-18(24)6-3-16)13-27-28-23(29)14-26-20-9-7-19(25)8-10-20/h2-13,26H,14-15H2,1H3,(H,28,29)/b27-13-. The number of carbonyl (C=O) groups excluding carboxylic acids is 1. The van der Waals surface area contributed by atoms with E-state index in [1.165, 1.54) is 0 Å². The van der Waals surface area contributed by atoms with Crippen molar-refractivity contribution in [3.8, 4) is 11.5 Å². The molecular formula is C23H21BrIN3O3. The lowest BCUT2D eigenvalue weighted by Crippen LogP contribution is -2.25. The molecular weight excluding hydrogens is 573 g/mol. The number of nitrogens with zero attached hydrogens (tertiary/aromatic N) is 1. The zero-order valence-corrected chi connectivity index (χ0v) is 20.5. The van der Waals surface area contributed by atoms with Crippen LogP contribution in [-0.4, -0.2) is 25.8 Å². The SMILES string of the molecule is COc1cc(/C=N\NC(=O)CNc2ccc(I)cc2)ccc1OCc1ccc(Br)cc1. The fourth-order valence-electron chi connectivity index (χ4n) is 2.59. The molecule has 8 heteroatoms. The van der Waals surface area contributed by atoms with Crippen LogP contribution in [0.5, 0.6) is 11.5 Å². The van der Waals surface area contributed by atoms with Gasteiger partial charge in [-0.15, -0.1) is 0 Å². The highest BCUT2D eigenvalue weighted by Crippen LogP contribution is 2.28. The fourth-order valence-corrected chi connectivity index (χ4v) is 3.22. The third-order valence-corrected chi connectivity index (χ3v) is 5.44. The minimum absolute atomic E-state index is 0.129. The van der Waals surface area contributed by atoms with E-state index >= 15 is 0 Å². The molecule has 31 heavy (non-hydrogen) atoms. The van der Waals surface area contributed by atoms with Crippen molar-refractivity contribution in [3.63, 3.8) is 0 Å². The maximum absolute atomic E-state index is 12.0. The molecule has 1 amide bonds. The average Bonchev–Trinajstić information content (AvgIpc) is 2.78. The van der Waals surface area contributed by atoms with E-state index in [1.54, 1.807) is 19.4 Å². The van der Waals surface area contributed by atoms with Crippen molar-refractivity contribution < 1.29 is 14.3 Å². The summed E-state index contributed by atoms with van der Waals surface area (Å²) < 4.78 is 13.5. The molecule has 0 bridgehead atoms. The van der Waals surface area contributed by atoms with Crippen molar-refractivity contribution in [2.24, 2.45) is 5.10 Å². The summed E-state index contributed by atoms with van der Waals surface area (Å²) in [5.41, 5.74) is 5.21. The van der Waals surface area contributed by atoms with Crippen LogP contribution in [0.15, 0.2) is 76.3 Å². The molecule has 3 rings (SSSR count). The van der Waals surface area contributed by atoms with Crippen LogP contribution in [0.2, 0.25) is 0 Å². The molecule has 0 fully saturated rings. The van der Waals surface area contributed by atoms with E-state index in [9.17, 15) is 4.79 Å². The lowest BCUT2D eigenvalue weighted by molar-refractivity contribution is -0.119. The Morgan fingerprint density at radius 2 is 1.81 bits per heavy atom. The molecule has 0 aliphatic carbocycles. The van der Waals surface area contributed by atoms with Gasteiger partial charge in [-0.1, -0.05) is 28.1 Å². The first-order valence-corrected chi connectivity index (χ1v) is 11.3. The van der Waals surface area contributed by atoms with Gasteiger partial charge in [-0.3, -0.25) is 4.79 Å². The van der Waals surface area contributed by atoms with Crippen LogP contribution >= 0.6 is 38.5 Å². The number of ether oxygens (including phenoxy) is 2. The maximum atomic E-state index is 12.0. The van der Waals surface area contributed by atoms with Gasteiger partial charge in [-0.2, -0.15) is 5.10 Å². The van der Waals surface area contributed by atoms with Crippen molar-refractivity contribution >= 4 is 56.3 Å². The van der Waals surface area contributed by atoms with Crippen LogP contribution in [0.25, 0.3) is 0 Å². The van der Waals surface area contributed by atoms with Crippen LogP contribution in [0.4, 0.5) is 5.69 Å². The summed E-state index contributed by atoms with van der Waals surface area (Å²) in [5.74, 6) is 0.984. The lowest BCUT2D eigenvalue weighted by atomic mass is 10.2. The zero-order chi connectivity index (χ0) is 22.1. The number of amides is 1. The summed E-state index contributed by atoms with van der Waals surface area (Å²) in [5, 5.41) is 7.06. The molecule has 0 saturated heterocycles. The third kappa shape index (κ3) is 7.55. The van der Waals surface area contributed by atoms with Gasteiger partial charge in [0.25, 0.3) is 5.91 Å². The Kier molecular flexibility index (Phi) is 8.72. The molecule has 0 spiro atoms. The Bertz CT molecular complexity index is 1040. The molecule has 3 aromatic rings. The monoisotopic (exact) mass is 593 g/mol. The van der Waals surface area contributed by atoms with Crippen LogP contribution in [-0.2, 0) is 11.4 Å². The first kappa shape index (κ1) is 23.1. The second kappa shape index (κ2) is 11.7. The number of hydrogen-bond donors (Lipinski definition) is 2. The summed E-state index contributed by atoms with van der Waals surface area (Å²) in [6.07, 6.45) is 1.56. The average molecular weight is 594 g/mol. The maximum Gasteiger partial charge on any atom is 0.259 e. The normalized spacial score (nSPS) is 10.7. The van der Waals surface area contributed by atoms with Gasteiger partial charge >= 0.3 is 0 Å². The van der Waals surface area contributed by atoms with Gasteiger partial charge < -0.3 is 14.8 Å². The summed E-state index contributed by atoms with van der Waals surface area (Å²) in [6.45, 7) is 0.560. The number of hydrogen-bond acceptors (Lipinski definition) is 5. The summed E-state index contributed by atoms with van der Waals surface area (Å²) >= 11 is 5.65. The van der Waals surface area contributed by atoms with E-state index < -0.39 is 0 Å². The van der Waals surface area contributed by atoms with E-state index in [-0.39, 0.29) is 12.5 Å². The van der Waals surface area contributed by atoms with Crippen molar-refractivity contribution in [1.82, 2.24) is 5.43 Å². The first-order valence-electron chi connectivity index (χ1n) is 9.40. The van der Waals surface area contributed by atoms with E-state index in [1.807, 2.05) is 60.7 Å². The molecule has 0 unspecified atom stereocenters. The van der Waals surface area contributed by atoms with Crippen molar-refractivity contribution in [2.45, 2.75) is 6.61 Å². The van der Waals surface area contributed by atoms with Gasteiger partial charge in [0.15, 0.2) is 11.5 Å². The van der Waals surface area contributed by atoms with Crippen molar-refractivity contribution in [2.75, 3.05) is 19.0 Å². The largest absolute Gasteiger partial charge is 0.493 e. The number of nitrogens with one attached hydrogen (secondary N) is 2. The van der Waals surface area contributed by atoms with Gasteiger partial charge in [0, 0.05) is 13.7 Å². The Morgan fingerprint density at radius 1 is 1.06 bits per heavy atom. The number of benzene rings is 3. The Morgan fingerprint density at radius 3 is 2.52 bits per heavy atom. The highest BCUT2D eigenvalue weighted by atomic mass is 127. The van der Waals surface area contributed by atoms with Gasteiger partial charge in [0.2, 0.25) is 0 Å². The molecule has 0 aromatic heterocycles. The smallest absolute Gasteiger partial charge is 0.259 e. The number of anilines is 1. The number of rotatable bonds is 9. The van der Waals surface area contributed by atoms with Gasteiger partial charge in [-0.25, -0.2) is 5.43 Å². The second-order valence-corrected chi connectivity index (χ2v) is 8.64. The predicted octanol–water partition coefficient (Wildman–Crippen LogP) is 5.20. The topological polar surface area (TPSA) is 72.0 Å². The van der Waals surface area contributed by atoms with E-state index in [2.05, 4.69) is 54.4 Å². The third-order valence-electron chi connectivity index (χ3n) is 4.20. The number of carbonyl (C=O) groups is 1. The predicted molar refractivity (Wildman–Crippen MR) is 135 cm³/mol. The molecule has 0 saturated carbocycles. The number of halogens is 2. The van der Waals surface area contributed by atoms with E-state index in [0.29, 0.717) is 18.1 Å². The molecule has 0 atom stereocenters. The second-order valence-electron chi connectivity index (χ2n) is 6.48. The molecule has 2 N–H and O–H groups in total. The Hall–Kier alpha value is -2.59. The molecule has 0 radical (unpaired) electrons. The molecule has 6 nitrogen and oxygen atoms in total. The van der Waals surface area contributed by atoms with Gasteiger partial charge in [-0.05, 0) is 88.3 Å². The summed E-state index contributed by atoms with van der Waals surface area (Å²) in [4.78, 5) is 12.0. The minimum Gasteiger partial charge on any atom is -0.493 e. The van der Waals surface area contributed by atoms with Crippen molar-refractivity contribution in [3.05, 3.63) is 85.9 Å².